The smallest absolute Gasteiger partial charge is 0.362 e. The zero-order valence-corrected chi connectivity index (χ0v) is 14.6. The molecule has 2 N–H and O–H groups in total. The fourth-order valence-corrected chi connectivity index (χ4v) is 2.36. The van der Waals surface area contributed by atoms with Gasteiger partial charge in [-0.2, -0.15) is 5.10 Å². The lowest BCUT2D eigenvalue weighted by Crippen LogP contribution is -2.14. The Morgan fingerprint density at radius 2 is 2.30 bits per heavy atom. The summed E-state index contributed by atoms with van der Waals surface area (Å²) in [6.45, 7) is 0.0776. The van der Waals surface area contributed by atoms with E-state index in [2.05, 4.69) is 20.6 Å². The van der Waals surface area contributed by atoms with Crippen LogP contribution in [0.3, 0.4) is 0 Å². The van der Waals surface area contributed by atoms with Crippen molar-refractivity contribution >= 4 is 28.9 Å². The van der Waals surface area contributed by atoms with E-state index in [1.807, 2.05) is 0 Å². The molecule has 0 aliphatic rings. The molecule has 0 unspecified atom stereocenters. The first-order chi connectivity index (χ1) is 13.0. The first-order valence-electron chi connectivity index (χ1n) is 7.47. The fraction of sp³-hybridized carbons (Fsp3) is 0.133. The summed E-state index contributed by atoms with van der Waals surface area (Å²) in [7, 11) is 1.22. The highest BCUT2D eigenvalue weighted by Crippen LogP contribution is 2.28. The topological polar surface area (TPSA) is 137 Å². The van der Waals surface area contributed by atoms with Gasteiger partial charge < -0.3 is 14.8 Å². The van der Waals surface area contributed by atoms with Crippen LogP contribution in [-0.4, -0.2) is 37.9 Å². The Hall–Kier alpha value is -3.60. The Kier molecular flexibility index (Phi) is 5.22. The van der Waals surface area contributed by atoms with E-state index in [4.69, 9.17) is 21.1 Å². The quantitative estimate of drug-likeness (QED) is 0.465. The number of carbonyl (C=O) groups is 1. The number of hydrogen-bond donors (Lipinski definition) is 2. The van der Waals surface area contributed by atoms with Gasteiger partial charge in [0.2, 0.25) is 5.69 Å². The Balaban J connectivity index is 1.66. The van der Waals surface area contributed by atoms with Crippen molar-refractivity contribution < 1.29 is 19.2 Å². The molecule has 3 aromatic rings. The van der Waals surface area contributed by atoms with E-state index in [0.29, 0.717) is 16.5 Å². The Morgan fingerprint density at radius 1 is 1.48 bits per heavy atom. The van der Waals surface area contributed by atoms with Crippen molar-refractivity contribution in [1.82, 2.24) is 20.0 Å². The zero-order valence-electron chi connectivity index (χ0n) is 13.9. The minimum Gasteiger partial charge on any atom is -0.475 e. The number of rotatable bonds is 7. The maximum absolute atomic E-state index is 12.3. The number of nitrogens with one attached hydrogen (secondary N) is 2. The highest BCUT2D eigenvalue weighted by Gasteiger charge is 2.30. The average molecular weight is 393 g/mol. The third kappa shape index (κ3) is 4.15. The maximum atomic E-state index is 12.3. The van der Waals surface area contributed by atoms with E-state index in [-0.39, 0.29) is 18.3 Å². The molecule has 0 saturated carbocycles. The molecule has 140 valence electrons. The standard InChI is InChI=1S/C15H13ClN6O5/c1-26-15-13(22(24)25)12(19-20-15)14(23)18-10-6-17-21(7-10)8-27-11-4-2-3-9(16)5-11/h2-7H,8H2,1H3,(H,18,23)(H,19,20). The number of aromatic nitrogens is 4. The fourth-order valence-electron chi connectivity index (χ4n) is 2.18. The molecular weight excluding hydrogens is 380 g/mol. The van der Waals surface area contributed by atoms with E-state index in [9.17, 15) is 14.9 Å². The monoisotopic (exact) mass is 392 g/mol. The molecule has 0 bridgehead atoms. The average Bonchev–Trinajstić information content (AvgIpc) is 3.26. The molecule has 0 radical (unpaired) electrons. The Bertz CT molecular complexity index is 985. The molecule has 12 heteroatoms. The van der Waals surface area contributed by atoms with Crippen LogP contribution in [0, 0.1) is 10.1 Å². The van der Waals surface area contributed by atoms with Crippen LogP contribution < -0.4 is 14.8 Å². The van der Waals surface area contributed by atoms with Gasteiger partial charge in [-0.05, 0) is 18.2 Å². The van der Waals surface area contributed by atoms with Crippen LogP contribution >= 0.6 is 11.6 Å². The van der Waals surface area contributed by atoms with Crippen molar-refractivity contribution in [2.24, 2.45) is 0 Å². The Labute approximate surface area is 157 Å². The second-order valence-electron chi connectivity index (χ2n) is 5.17. The highest BCUT2D eigenvalue weighted by molar-refractivity contribution is 6.30. The molecule has 0 saturated heterocycles. The van der Waals surface area contributed by atoms with Crippen LogP contribution in [0.2, 0.25) is 5.02 Å². The van der Waals surface area contributed by atoms with E-state index >= 15 is 0 Å². The van der Waals surface area contributed by atoms with Crippen molar-refractivity contribution in [1.29, 1.82) is 0 Å². The summed E-state index contributed by atoms with van der Waals surface area (Å²) in [5.41, 5.74) is -0.566. The molecule has 0 fully saturated rings. The second-order valence-corrected chi connectivity index (χ2v) is 5.60. The van der Waals surface area contributed by atoms with Crippen LogP contribution in [-0.2, 0) is 6.73 Å². The lowest BCUT2D eigenvalue weighted by atomic mass is 10.3. The van der Waals surface area contributed by atoms with Crippen molar-refractivity contribution in [2.75, 3.05) is 12.4 Å². The van der Waals surface area contributed by atoms with E-state index < -0.39 is 16.5 Å². The number of ether oxygens (including phenoxy) is 2. The number of nitrogens with zero attached hydrogens (tertiary/aromatic N) is 4. The number of methoxy groups -OCH3 is 1. The first-order valence-corrected chi connectivity index (χ1v) is 7.84. The van der Waals surface area contributed by atoms with E-state index in [1.165, 1.54) is 24.2 Å². The lowest BCUT2D eigenvalue weighted by Gasteiger charge is -2.06. The number of carbonyl (C=O) groups excluding carboxylic acids is 1. The van der Waals surface area contributed by atoms with Crippen molar-refractivity contribution in [3.05, 3.63) is 57.5 Å². The summed E-state index contributed by atoms with van der Waals surface area (Å²) in [5.74, 6) is -0.479. The summed E-state index contributed by atoms with van der Waals surface area (Å²) in [6.07, 6.45) is 2.88. The number of anilines is 1. The second kappa shape index (κ2) is 7.74. The van der Waals surface area contributed by atoms with Crippen molar-refractivity contribution in [2.45, 2.75) is 6.73 Å². The molecule has 0 atom stereocenters. The largest absolute Gasteiger partial charge is 0.475 e. The van der Waals surface area contributed by atoms with Gasteiger partial charge in [0.25, 0.3) is 5.91 Å². The number of halogens is 1. The Morgan fingerprint density at radius 3 is 3.00 bits per heavy atom. The first kappa shape index (κ1) is 18.2. The molecule has 2 heterocycles. The van der Waals surface area contributed by atoms with Gasteiger partial charge >= 0.3 is 11.6 Å². The third-order valence-electron chi connectivity index (χ3n) is 3.36. The number of hydrogen-bond acceptors (Lipinski definition) is 7. The van der Waals surface area contributed by atoms with Crippen molar-refractivity contribution in [3.8, 4) is 11.6 Å². The van der Waals surface area contributed by atoms with Crippen molar-refractivity contribution in [3.63, 3.8) is 0 Å². The lowest BCUT2D eigenvalue weighted by molar-refractivity contribution is -0.386. The van der Waals surface area contributed by atoms with Crippen LogP contribution in [0.1, 0.15) is 10.5 Å². The minimum atomic E-state index is -0.757. The number of nitro groups is 1. The van der Waals surface area contributed by atoms with Gasteiger partial charge in [0.15, 0.2) is 6.73 Å². The number of amides is 1. The molecule has 11 nitrogen and oxygen atoms in total. The number of H-pyrrole nitrogens is 1. The van der Waals surface area contributed by atoms with Gasteiger partial charge in [-0.3, -0.25) is 20.0 Å². The third-order valence-corrected chi connectivity index (χ3v) is 3.60. The van der Waals surface area contributed by atoms with Gasteiger partial charge in [0, 0.05) is 5.02 Å². The summed E-state index contributed by atoms with van der Waals surface area (Å²) < 4.78 is 11.7. The van der Waals surface area contributed by atoms with E-state index in [0.717, 1.165) is 0 Å². The molecular formula is C15H13ClN6O5. The molecule has 0 aliphatic heterocycles. The van der Waals surface area contributed by atoms with Gasteiger partial charge in [0.05, 0.1) is 30.1 Å². The molecule has 0 spiro atoms. The van der Waals surface area contributed by atoms with Gasteiger partial charge in [-0.25, -0.2) is 4.68 Å². The number of aromatic amines is 1. The van der Waals surface area contributed by atoms with Gasteiger partial charge in [0.1, 0.15) is 5.75 Å². The normalized spacial score (nSPS) is 10.4. The predicted molar refractivity (Wildman–Crippen MR) is 94.1 cm³/mol. The van der Waals surface area contributed by atoms with Gasteiger partial charge in [-0.15, -0.1) is 5.10 Å². The van der Waals surface area contributed by atoms with Gasteiger partial charge in [-0.1, -0.05) is 17.7 Å². The summed E-state index contributed by atoms with van der Waals surface area (Å²) in [5, 5.41) is 24.1. The summed E-state index contributed by atoms with van der Waals surface area (Å²) >= 11 is 5.88. The van der Waals surface area contributed by atoms with Crippen LogP contribution in [0.15, 0.2) is 36.7 Å². The minimum absolute atomic E-state index is 0.0776. The molecule has 0 aliphatic carbocycles. The molecule has 3 rings (SSSR count). The SMILES string of the molecule is COc1n[nH]c(C(=O)Nc2cnn(COc3cccc(Cl)c3)c2)c1[N+](=O)[O-]. The molecule has 1 amide bonds. The highest BCUT2D eigenvalue weighted by atomic mass is 35.5. The van der Waals surface area contributed by atoms with Crippen LogP contribution in [0.25, 0.3) is 0 Å². The van der Waals surface area contributed by atoms with E-state index in [1.54, 1.807) is 24.3 Å². The number of benzene rings is 1. The van der Waals surface area contributed by atoms with Crippen LogP contribution in [0.4, 0.5) is 11.4 Å². The maximum Gasteiger partial charge on any atom is 0.362 e. The molecule has 1 aromatic carbocycles. The van der Waals surface area contributed by atoms with Crippen LogP contribution in [0.5, 0.6) is 11.6 Å². The predicted octanol–water partition coefficient (Wildman–Crippen LogP) is 2.47. The summed E-state index contributed by atoms with van der Waals surface area (Å²) in [6, 6.07) is 6.86. The summed E-state index contributed by atoms with van der Waals surface area (Å²) in [4.78, 5) is 22.6. The molecule has 27 heavy (non-hydrogen) atoms. The zero-order chi connectivity index (χ0) is 19.4. The molecule has 2 aromatic heterocycles.